The lowest BCUT2D eigenvalue weighted by Gasteiger charge is -2.34. The highest BCUT2D eigenvalue weighted by atomic mass is 15.3. The Hall–Kier alpha value is -1.36. The van der Waals surface area contributed by atoms with Crippen LogP contribution in [0.15, 0.2) is 12.4 Å². The van der Waals surface area contributed by atoms with Crippen molar-refractivity contribution < 1.29 is 0 Å². The van der Waals surface area contributed by atoms with Crippen LogP contribution in [0.5, 0.6) is 0 Å². The van der Waals surface area contributed by atoms with Gasteiger partial charge in [-0.25, -0.2) is 9.97 Å². The van der Waals surface area contributed by atoms with E-state index in [-0.39, 0.29) is 0 Å². The van der Waals surface area contributed by atoms with Gasteiger partial charge in [-0.1, -0.05) is 19.8 Å². The van der Waals surface area contributed by atoms with Crippen LogP contribution in [0.4, 0.5) is 11.6 Å². The van der Waals surface area contributed by atoms with Crippen LogP contribution >= 0.6 is 0 Å². The Morgan fingerprint density at radius 3 is 3.11 bits per heavy atom. The van der Waals surface area contributed by atoms with Gasteiger partial charge >= 0.3 is 0 Å². The van der Waals surface area contributed by atoms with Crippen molar-refractivity contribution in [2.75, 3.05) is 36.4 Å². The van der Waals surface area contributed by atoms with Gasteiger partial charge in [-0.05, 0) is 13.3 Å². The van der Waals surface area contributed by atoms with Gasteiger partial charge in [-0.3, -0.25) is 0 Å². The van der Waals surface area contributed by atoms with Crippen LogP contribution in [0.25, 0.3) is 0 Å². The average Bonchev–Trinajstić information content (AvgIpc) is 2.44. The van der Waals surface area contributed by atoms with Crippen LogP contribution in [-0.2, 0) is 0 Å². The second-order valence-electron chi connectivity index (χ2n) is 5.14. The van der Waals surface area contributed by atoms with Gasteiger partial charge < -0.3 is 15.5 Å². The summed E-state index contributed by atoms with van der Waals surface area (Å²) in [6.07, 6.45) is 5.36. The summed E-state index contributed by atoms with van der Waals surface area (Å²) < 4.78 is 0. The minimum atomic E-state index is 0.483. The molecule has 1 aromatic heterocycles. The predicted octanol–water partition coefficient (Wildman–Crippen LogP) is 1.88. The Labute approximate surface area is 115 Å². The summed E-state index contributed by atoms with van der Waals surface area (Å²) in [7, 11) is 0. The molecule has 1 fully saturated rings. The first-order chi connectivity index (χ1) is 9.31. The molecule has 1 saturated heterocycles. The SMILES string of the molecule is CCCCCNc1cc(N2CCNCC2C)ncn1. The first kappa shape index (κ1) is 14.1. The molecule has 0 radical (unpaired) electrons. The van der Waals surface area contributed by atoms with Crippen LogP contribution in [0, 0.1) is 0 Å². The Morgan fingerprint density at radius 2 is 2.32 bits per heavy atom. The first-order valence-corrected chi connectivity index (χ1v) is 7.34. The highest BCUT2D eigenvalue weighted by Crippen LogP contribution is 2.17. The standard InChI is InChI=1S/C14H25N5/c1-3-4-5-6-16-13-9-14(18-11-17-13)19-8-7-15-10-12(19)2/h9,11-12,15H,3-8,10H2,1-2H3,(H,16,17,18). The van der Waals surface area contributed by atoms with Gasteiger partial charge in [0.05, 0.1) is 0 Å². The van der Waals surface area contributed by atoms with E-state index in [1.54, 1.807) is 6.33 Å². The van der Waals surface area contributed by atoms with Crippen molar-refractivity contribution in [2.24, 2.45) is 0 Å². The molecule has 1 atom stereocenters. The first-order valence-electron chi connectivity index (χ1n) is 7.34. The maximum atomic E-state index is 4.40. The molecule has 5 heteroatoms. The molecule has 5 nitrogen and oxygen atoms in total. The topological polar surface area (TPSA) is 53.1 Å². The molecule has 1 unspecified atom stereocenters. The lowest BCUT2D eigenvalue weighted by atomic mass is 10.2. The molecule has 0 bridgehead atoms. The van der Waals surface area contributed by atoms with Gasteiger partial charge in [-0.15, -0.1) is 0 Å². The fourth-order valence-corrected chi connectivity index (χ4v) is 2.37. The summed E-state index contributed by atoms with van der Waals surface area (Å²) in [6.45, 7) is 8.48. The fourth-order valence-electron chi connectivity index (χ4n) is 2.37. The Balaban J connectivity index is 1.94. The highest BCUT2D eigenvalue weighted by molar-refractivity contribution is 5.49. The van der Waals surface area contributed by atoms with Crippen molar-refractivity contribution in [1.82, 2.24) is 15.3 Å². The molecule has 2 heterocycles. The second-order valence-corrected chi connectivity index (χ2v) is 5.14. The van der Waals surface area contributed by atoms with Gasteiger partial charge in [0, 0.05) is 38.3 Å². The van der Waals surface area contributed by atoms with Gasteiger partial charge in [-0.2, -0.15) is 0 Å². The molecular formula is C14H25N5. The predicted molar refractivity (Wildman–Crippen MR) is 79.7 cm³/mol. The van der Waals surface area contributed by atoms with Crippen molar-refractivity contribution in [3.8, 4) is 0 Å². The molecular weight excluding hydrogens is 238 g/mol. The van der Waals surface area contributed by atoms with Gasteiger partial charge in [0.1, 0.15) is 18.0 Å². The molecule has 106 valence electrons. The number of hydrogen-bond donors (Lipinski definition) is 2. The van der Waals surface area contributed by atoms with Crippen LogP contribution < -0.4 is 15.5 Å². The Morgan fingerprint density at radius 1 is 1.42 bits per heavy atom. The van der Waals surface area contributed by atoms with Crippen LogP contribution in [-0.4, -0.2) is 42.2 Å². The smallest absolute Gasteiger partial charge is 0.134 e. The van der Waals surface area contributed by atoms with E-state index in [1.165, 1.54) is 19.3 Å². The molecule has 1 aromatic rings. The van der Waals surface area contributed by atoms with Crippen molar-refractivity contribution in [3.05, 3.63) is 12.4 Å². The molecule has 0 amide bonds. The zero-order valence-electron chi connectivity index (χ0n) is 12.0. The lowest BCUT2D eigenvalue weighted by molar-refractivity contribution is 0.497. The molecule has 0 aromatic carbocycles. The molecule has 1 aliphatic heterocycles. The molecule has 0 saturated carbocycles. The number of anilines is 2. The van der Waals surface area contributed by atoms with E-state index in [1.807, 2.05) is 0 Å². The molecule has 0 aliphatic carbocycles. The van der Waals surface area contributed by atoms with Crippen LogP contribution in [0.2, 0.25) is 0 Å². The summed E-state index contributed by atoms with van der Waals surface area (Å²) in [5, 5.41) is 6.78. The number of hydrogen-bond acceptors (Lipinski definition) is 5. The van der Waals surface area contributed by atoms with Crippen molar-refractivity contribution in [3.63, 3.8) is 0 Å². The van der Waals surface area contributed by atoms with E-state index in [9.17, 15) is 0 Å². The summed E-state index contributed by atoms with van der Waals surface area (Å²) >= 11 is 0. The molecule has 19 heavy (non-hydrogen) atoms. The van der Waals surface area contributed by atoms with Gasteiger partial charge in [0.15, 0.2) is 0 Å². The Kier molecular flexibility index (Phi) is 5.39. The maximum absolute atomic E-state index is 4.40. The lowest BCUT2D eigenvalue weighted by Crippen LogP contribution is -2.50. The van der Waals surface area contributed by atoms with E-state index >= 15 is 0 Å². The molecule has 1 aliphatic rings. The van der Waals surface area contributed by atoms with Gasteiger partial charge in [0.2, 0.25) is 0 Å². The third kappa shape index (κ3) is 4.06. The zero-order chi connectivity index (χ0) is 13.5. The molecule has 0 spiro atoms. The monoisotopic (exact) mass is 263 g/mol. The molecule has 2 rings (SSSR count). The number of nitrogens with one attached hydrogen (secondary N) is 2. The minimum absolute atomic E-state index is 0.483. The van der Waals surface area contributed by atoms with Crippen LogP contribution in [0.3, 0.4) is 0 Å². The number of unbranched alkanes of at least 4 members (excludes halogenated alkanes) is 2. The maximum Gasteiger partial charge on any atom is 0.134 e. The van der Waals surface area contributed by atoms with E-state index < -0.39 is 0 Å². The normalized spacial score (nSPS) is 19.5. The Bertz CT molecular complexity index is 382. The van der Waals surface area contributed by atoms with E-state index in [0.29, 0.717) is 6.04 Å². The van der Waals surface area contributed by atoms with Crippen molar-refractivity contribution in [2.45, 2.75) is 39.2 Å². The van der Waals surface area contributed by atoms with Gasteiger partial charge in [0.25, 0.3) is 0 Å². The third-order valence-electron chi connectivity index (χ3n) is 3.53. The summed E-state index contributed by atoms with van der Waals surface area (Å²) in [4.78, 5) is 11.0. The molecule has 2 N–H and O–H groups in total. The quantitative estimate of drug-likeness (QED) is 0.768. The second kappa shape index (κ2) is 7.28. The number of aromatic nitrogens is 2. The zero-order valence-corrected chi connectivity index (χ0v) is 12.0. The van der Waals surface area contributed by atoms with Crippen LogP contribution in [0.1, 0.15) is 33.1 Å². The minimum Gasteiger partial charge on any atom is -0.370 e. The van der Waals surface area contributed by atoms with Crippen molar-refractivity contribution in [1.29, 1.82) is 0 Å². The highest BCUT2D eigenvalue weighted by Gasteiger charge is 2.19. The van der Waals surface area contributed by atoms with E-state index in [0.717, 1.165) is 37.8 Å². The number of piperazine rings is 1. The largest absolute Gasteiger partial charge is 0.370 e. The fraction of sp³-hybridized carbons (Fsp3) is 0.714. The van der Waals surface area contributed by atoms with E-state index in [4.69, 9.17) is 0 Å². The summed E-state index contributed by atoms with van der Waals surface area (Å²) in [6, 6.07) is 2.55. The summed E-state index contributed by atoms with van der Waals surface area (Å²) in [5.41, 5.74) is 0. The van der Waals surface area contributed by atoms with E-state index in [2.05, 4.69) is 45.4 Å². The average molecular weight is 263 g/mol. The number of nitrogens with zero attached hydrogens (tertiary/aromatic N) is 3. The third-order valence-corrected chi connectivity index (χ3v) is 3.53. The van der Waals surface area contributed by atoms with Crippen molar-refractivity contribution >= 4 is 11.6 Å². The summed E-state index contributed by atoms with van der Waals surface area (Å²) in [5.74, 6) is 1.97. The number of rotatable bonds is 6.